The number of carbonyl (C=O) groups is 1. The molecule has 134 valence electrons. The molecule has 3 rings (SSSR count). The van der Waals surface area contributed by atoms with Gasteiger partial charge < -0.3 is 14.8 Å². The standard InChI is InChI=1S/C20H23N5O/c1-14-17(19-23-21-13-25(19)4)6-5-7-18(14)22-20(26)16-10-8-15(9-11-16)12-24(2)3/h5-11,13H,12H2,1-4H3,(H,22,26). The molecule has 6 nitrogen and oxygen atoms in total. The molecule has 0 bridgehead atoms. The van der Waals surface area contributed by atoms with Gasteiger partial charge in [0.15, 0.2) is 5.82 Å². The van der Waals surface area contributed by atoms with Gasteiger partial charge in [-0.1, -0.05) is 24.3 Å². The first-order valence-corrected chi connectivity index (χ1v) is 8.44. The summed E-state index contributed by atoms with van der Waals surface area (Å²) in [7, 11) is 5.94. The summed E-state index contributed by atoms with van der Waals surface area (Å²) in [6.45, 7) is 2.82. The van der Waals surface area contributed by atoms with Gasteiger partial charge >= 0.3 is 0 Å². The van der Waals surface area contributed by atoms with Crippen LogP contribution in [0.4, 0.5) is 5.69 Å². The molecule has 1 amide bonds. The molecule has 0 aliphatic heterocycles. The van der Waals surface area contributed by atoms with Crippen LogP contribution in [0.5, 0.6) is 0 Å². The molecule has 26 heavy (non-hydrogen) atoms. The molecule has 0 saturated carbocycles. The van der Waals surface area contributed by atoms with Crippen molar-refractivity contribution in [1.29, 1.82) is 0 Å². The summed E-state index contributed by atoms with van der Waals surface area (Å²) >= 11 is 0. The van der Waals surface area contributed by atoms with Crippen molar-refractivity contribution in [1.82, 2.24) is 19.7 Å². The van der Waals surface area contributed by atoms with Crippen LogP contribution in [0.3, 0.4) is 0 Å². The molecule has 1 N–H and O–H groups in total. The summed E-state index contributed by atoms with van der Waals surface area (Å²) < 4.78 is 1.86. The zero-order chi connectivity index (χ0) is 18.7. The first-order valence-electron chi connectivity index (χ1n) is 8.44. The summed E-state index contributed by atoms with van der Waals surface area (Å²) in [4.78, 5) is 14.7. The number of benzene rings is 2. The lowest BCUT2D eigenvalue weighted by Crippen LogP contribution is -2.14. The summed E-state index contributed by atoms with van der Waals surface area (Å²) in [6, 6.07) is 13.5. The molecule has 0 atom stereocenters. The topological polar surface area (TPSA) is 63.1 Å². The van der Waals surface area contributed by atoms with Crippen molar-refractivity contribution in [2.75, 3.05) is 19.4 Å². The second kappa shape index (κ2) is 7.49. The van der Waals surface area contributed by atoms with Crippen LogP contribution in [0.15, 0.2) is 48.8 Å². The summed E-state index contributed by atoms with van der Waals surface area (Å²) in [6.07, 6.45) is 1.66. The smallest absolute Gasteiger partial charge is 0.255 e. The maximum atomic E-state index is 12.6. The van der Waals surface area contributed by atoms with Crippen molar-refractivity contribution >= 4 is 11.6 Å². The predicted octanol–water partition coefficient (Wildman–Crippen LogP) is 3.10. The molecule has 1 heterocycles. The first-order chi connectivity index (χ1) is 12.5. The van der Waals surface area contributed by atoms with Crippen molar-refractivity contribution in [2.24, 2.45) is 7.05 Å². The third kappa shape index (κ3) is 3.81. The van der Waals surface area contributed by atoms with Crippen LogP contribution >= 0.6 is 0 Å². The summed E-state index contributed by atoms with van der Waals surface area (Å²) in [5, 5.41) is 11.1. The normalized spacial score (nSPS) is 11.0. The number of anilines is 1. The second-order valence-electron chi connectivity index (χ2n) is 6.63. The molecule has 0 fully saturated rings. The van der Waals surface area contributed by atoms with Gasteiger partial charge in [-0.15, -0.1) is 10.2 Å². The molecule has 0 saturated heterocycles. The Kier molecular flexibility index (Phi) is 5.14. The van der Waals surface area contributed by atoms with Gasteiger partial charge in [0.1, 0.15) is 6.33 Å². The Bertz CT molecular complexity index is 912. The van der Waals surface area contributed by atoms with Gasteiger partial charge in [0.2, 0.25) is 0 Å². The van der Waals surface area contributed by atoms with Gasteiger partial charge in [0, 0.05) is 30.4 Å². The molecule has 1 aromatic heterocycles. The third-order valence-corrected chi connectivity index (χ3v) is 4.25. The maximum absolute atomic E-state index is 12.6. The van der Waals surface area contributed by atoms with Crippen LogP contribution in [0.25, 0.3) is 11.4 Å². The van der Waals surface area contributed by atoms with Crippen LogP contribution in [0.2, 0.25) is 0 Å². The van der Waals surface area contributed by atoms with Crippen LogP contribution in [-0.4, -0.2) is 39.7 Å². The first kappa shape index (κ1) is 17.8. The second-order valence-corrected chi connectivity index (χ2v) is 6.63. The molecule has 0 unspecified atom stereocenters. The van der Waals surface area contributed by atoms with E-state index in [4.69, 9.17) is 0 Å². The van der Waals surface area contributed by atoms with E-state index < -0.39 is 0 Å². The fourth-order valence-corrected chi connectivity index (χ4v) is 2.86. The van der Waals surface area contributed by atoms with Crippen molar-refractivity contribution in [3.8, 4) is 11.4 Å². The van der Waals surface area contributed by atoms with Gasteiger partial charge in [-0.05, 0) is 50.3 Å². The summed E-state index contributed by atoms with van der Waals surface area (Å²) in [5.74, 6) is 0.645. The lowest BCUT2D eigenvalue weighted by molar-refractivity contribution is 0.102. The average Bonchev–Trinajstić information content (AvgIpc) is 3.02. The minimum absolute atomic E-state index is 0.125. The van der Waals surface area contributed by atoms with Crippen molar-refractivity contribution in [2.45, 2.75) is 13.5 Å². The number of hydrogen-bond donors (Lipinski definition) is 1. The minimum atomic E-state index is -0.125. The number of hydrogen-bond acceptors (Lipinski definition) is 4. The van der Waals surface area contributed by atoms with Crippen molar-refractivity contribution < 1.29 is 4.79 Å². The molecule has 0 spiro atoms. The highest BCUT2D eigenvalue weighted by atomic mass is 16.1. The number of aromatic nitrogens is 3. The zero-order valence-corrected chi connectivity index (χ0v) is 15.5. The van der Waals surface area contributed by atoms with E-state index in [-0.39, 0.29) is 5.91 Å². The van der Waals surface area contributed by atoms with E-state index >= 15 is 0 Å². The van der Waals surface area contributed by atoms with E-state index in [9.17, 15) is 4.79 Å². The Morgan fingerprint density at radius 3 is 2.50 bits per heavy atom. The molecule has 0 aliphatic carbocycles. The molecule has 6 heteroatoms. The molecule has 3 aromatic rings. The summed E-state index contributed by atoms with van der Waals surface area (Å²) in [5.41, 5.74) is 4.49. The van der Waals surface area contributed by atoms with E-state index in [0.717, 1.165) is 29.2 Å². The number of rotatable bonds is 5. The quantitative estimate of drug-likeness (QED) is 0.769. The van der Waals surface area contributed by atoms with Crippen molar-refractivity contribution in [3.05, 3.63) is 65.5 Å². The predicted molar refractivity (Wildman–Crippen MR) is 103 cm³/mol. The number of nitrogens with zero attached hydrogens (tertiary/aromatic N) is 4. The lowest BCUT2D eigenvalue weighted by Gasteiger charge is -2.13. The van der Waals surface area contributed by atoms with Crippen LogP contribution < -0.4 is 5.32 Å². The Labute approximate surface area is 153 Å². The van der Waals surface area contributed by atoms with Crippen molar-refractivity contribution in [3.63, 3.8) is 0 Å². The van der Waals surface area contributed by atoms with E-state index in [1.54, 1.807) is 6.33 Å². The zero-order valence-electron chi connectivity index (χ0n) is 15.5. The van der Waals surface area contributed by atoms with E-state index in [1.165, 1.54) is 5.56 Å². The van der Waals surface area contributed by atoms with E-state index in [2.05, 4.69) is 20.4 Å². The minimum Gasteiger partial charge on any atom is -0.322 e. The SMILES string of the molecule is Cc1c(NC(=O)c2ccc(CN(C)C)cc2)cccc1-c1nncn1C. The molecule has 2 aromatic carbocycles. The fourth-order valence-electron chi connectivity index (χ4n) is 2.86. The highest BCUT2D eigenvalue weighted by molar-refractivity contribution is 6.05. The molecule has 0 radical (unpaired) electrons. The third-order valence-electron chi connectivity index (χ3n) is 4.25. The van der Waals surface area contributed by atoms with Gasteiger partial charge in [0.25, 0.3) is 5.91 Å². The number of nitrogens with one attached hydrogen (secondary N) is 1. The Morgan fingerprint density at radius 2 is 1.88 bits per heavy atom. The van der Waals surface area contributed by atoms with Gasteiger partial charge in [0.05, 0.1) is 0 Å². The molecule has 0 aliphatic rings. The highest BCUT2D eigenvalue weighted by Crippen LogP contribution is 2.27. The Hall–Kier alpha value is -2.99. The van der Waals surface area contributed by atoms with E-state index in [1.807, 2.05) is 75.1 Å². The van der Waals surface area contributed by atoms with Crippen LogP contribution in [-0.2, 0) is 13.6 Å². The van der Waals surface area contributed by atoms with E-state index in [0.29, 0.717) is 5.56 Å². The number of aryl methyl sites for hydroxylation is 1. The monoisotopic (exact) mass is 349 g/mol. The highest BCUT2D eigenvalue weighted by Gasteiger charge is 2.13. The Morgan fingerprint density at radius 1 is 1.15 bits per heavy atom. The maximum Gasteiger partial charge on any atom is 0.255 e. The van der Waals surface area contributed by atoms with Crippen LogP contribution in [0.1, 0.15) is 21.5 Å². The number of carbonyl (C=O) groups excluding carboxylic acids is 1. The average molecular weight is 349 g/mol. The Balaban J connectivity index is 1.81. The number of amides is 1. The largest absolute Gasteiger partial charge is 0.322 e. The van der Waals surface area contributed by atoms with Gasteiger partial charge in [-0.2, -0.15) is 0 Å². The van der Waals surface area contributed by atoms with Crippen LogP contribution in [0, 0.1) is 6.92 Å². The van der Waals surface area contributed by atoms with Gasteiger partial charge in [-0.3, -0.25) is 4.79 Å². The lowest BCUT2D eigenvalue weighted by atomic mass is 10.1. The molecular formula is C20H23N5O. The molecular weight excluding hydrogens is 326 g/mol. The van der Waals surface area contributed by atoms with Gasteiger partial charge in [-0.25, -0.2) is 0 Å². The fraction of sp³-hybridized carbons (Fsp3) is 0.250.